The summed E-state index contributed by atoms with van der Waals surface area (Å²) in [4.78, 5) is 16.1. The molecule has 1 aromatic heterocycles. The second-order valence-electron chi connectivity index (χ2n) is 5.20. The van der Waals surface area contributed by atoms with Gasteiger partial charge in [-0.25, -0.2) is 4.98 Å². The molecule has 1 saturated carbocycles. The Labute approximate surface area is 112 Å². The number of aromatic nitrogens is 1. The van der Waals surface area contributed by atoms with Crippen molar-refractivity contribution in [1.82, 2.24) is 4.98 Å². The largest absolute Gasteiger partial charge is 0.329 e. The standard InChI is InChI=1S/C14H20FN3O/c15-11-6-5-7-12(17-11)18-13(19)14(10-16)8-3-1-2-4-9-14/h5-7H,1-4,8-10,16H2,(H,17,18,19). The van der Waals surface area contributed by atoms with E-state index < -0.39 is 11.4 Å². The van der Waals surface area contributed by atoms with Gasteiger partial charge >= 0.3 is 0 Å². The molecule has 2 rings (SSSR count). The lowest BCUT2D eigenvalue weighted by Gasteiger charge is -2.29. The van der Waals surface area contributed by atoms with Gasteiger partial charge in [-0.1, -0.05) is 31.7 Å². The van der Waals surface area contributed by atoms with Crippen molar-refractivity contribution < 1.29 is 9.18 Å². The summed E-state index contributed by atoms with van der Waals surface area (Å²) in [6, 6.07) is 4.36. The lowest BCUT2D eigenvalue weighted by molar-refractivity contribution is -0.125. The van der Waals surface area contributed by atoms with Gasteiger partial charge < -0.3 is 11.1 Å². The smallest absolute Gasteiger partial charge is 0.233 e. The molecular weight excluding hydrogens is 245 g/mol. The average molecular weight is 265 g/mol. The van der Waals surface area contributed by atoms with E-state index in [2.05, 4.69) is 10.3 Å². The van der Waals surface area contributed by atoms with Gasteiger partial charge in [-0.2, -0.15) is 4.39 Å². The van der Waals surface area contributed by atoms with Crippen LogP contribution in [0.15, 0.2) is 18.2 Å². The van der Waals surface area contributed by atoms with Crippen LogP contribution in [0, 0.1) is 11.4 Å². The molecule has 1 heterocycles. The van der Waals surface area contributed by atoms with E-state index in [4.69, 9.17) is 5.73 Å². The molecule has 0 atom stereocenters. The van der Waals surface area contributed by atoms with Crippen LogP contribution < -0.4 is 11.1 Å². The highest BCUT2D eigenvalue weighted by Gasteiger charge is 2.37. The lowest BCUT2D eigenvalue weighted by Crippen LogP contribution is -2.42. The highest BCUT2D eigenvalue weighted by Crippen LogP contribution is 2.35. The Morgan fingerprint density at radius 1 is 1.32 bits per heavy atom. The molecule has 19 heavy (non-hydrogen) atoms. The fourth-order valence-electron chi connectivity index (χ4n) is 2.66. The van der Waals surface area contributed by atoms with Crippen molar-refractivity contribution in [3.8, 4) is 0 Å². The molecule has 5 heteroatoms. The van der Waals surface area contributed by atoms with Crippen LogP contribution in [0.3, 0.4) is 0 Å². The molecule has 3 N–H and O–H groups in total. The van der Waals surface area contributed by atoms with E-state index in [-0.39, 0.29) is 11.7 Å². The number of nitrogens with two attached hydrogens (primary N) is 1. The zero-order valence-electron chi connectivity index (χ0n) is 11.0. The summed E-state index contributed by atoms with van der Waals surface area (Å²) in [6.07, 6.45) is 5.91. The number of rotatable bonds is 3. The Kier molecular flexibility index (Phi) is 4.47. The first kappa shape index (κ1) is 13.9. The SMILES string of the molecule is NCC1(C(=O)Nc2cccc(F)n2)CCCCCC1. The average Bonchev–Trinajstić information content (AvgIpc) is 2.65. The van der Waals surface area contributed by atoms with E-state index in [1.807, 2.05) is 0 Å². The Morgan fingerprint density at radius 3 is 2.58 bits per heavy atom. The first-order valence-corrected chi connectivity index (χ1v) is 6.80. The Balaban J connectivity index is 2.12. The van der Waals surface area contributed by atoms with Crippen LogP contribution in [-0.4, -0.2) is 17.4 Å². The summed E-state index contributed by atoms with van der Waals surface area (Å²) in [5.74, 6) is -0.475. The molecule has 1 aliphatic carbocycles. The number of carbonyl (C=O) groups is 1. The Morgan fingerprint density at radius 2 is 2.00 bits per heavy atom. The maximum Gasteiger partial charge on any atom is 0.233 e. The molecule has 0 radical (unpaired) electrons. The van der Waals surface area contributed by atoms with Crippen molar-refractivity contribution in [1.29, 1.82) is 0 Å². The Bertz CT molecular complexity index is 442. The molecule has 0 aromatic carbocycles. The highest BCUT2D eigenvalue weighted by atomic mass is 19.1. The molecule has 4 nitrogen and oxygen atoms in total. The van der Waals surface area contributed by atoms with Crippen LogP contribution in [-0.2, 0) is 4.79 Å². The quantitative estimate of drug-likeness (QED) is 0.651. The van der Waals surface area contributed by atoms with Gasteiger partial charge in [0, 0.05) is 6.54 Å². The van der Waals surface area contributed by atoms with Crippen LogP contribution in [0.2, 0.25) is 0 Å². The van der Waals surface area contributed by atoms with Gasteiger partial charge in [0.15, 0.2) is 0 Å². The van der Waals surface area contributed by atoms with Crippen molar-refractivity contribution in [2.75, 3.05) is 11.9 Å². The van der Waals surface area contributed by atoms with Crippen molar-refractivity contribution in [2.24, 2.45) is 11.1 Å². The molecule has 0 spiro atoms. The summed E-state index contributed by atoms with van der Waals surface area (Å²) < 4.78 is 13.0. The molecule has 0 saturated heterocycles. The van der Waals surface area contributed by atoms with Crippen molar-refractivity contribution in [3.05, 3.63) is 24.1 Å². The highest BCUT2D eigenvalue weighted by molar-refractivity contribution is 5.94. The number of nitrogens with one attached hydrogen (secondary N) is 1. The van der Waals surface area contributed by atoms with Gasteiger partial charge in [0.05, 0.1) is 5.41 Å². The van der Waals surface area contributed by atoms with E-state index in [1.54, 1.807) is 6.07 Å². The van der Waals surface area contributed by atoms with Gasteiger partial charge in [-0.05, 0) is 25.0 Å². The van der Waals surface area contributed by atoms with Crippen LogP contribution in [0.5, 0.6) is 0 Å². The number of hydrogen-bond acceptors (Lipinski definition) is 3. The molecule has 1 amide bonds. The number of hydrogen-bond donors (Lipinski definition) is 2. The fourth-order valence-corrected chi connectivity index (χ4v) is 2.66. The van der Waals surface area contributed by atoms with E-state index in [9.17, 15) is 9.18 Å². The third-order valence-electron chi connectivity index (χ3n) is 3.89. The summed E-state index contributed by atoms with van der Waals surface area (Å²) in [6.45, 7) is 0.328. The van der Waals surface area contributed by atoms with E-state index >= 15 is 0 Å². The number of pyridine rings is 1. The molecule has 104 valence electrons. The predicted molar refractivity (Wildman–Crippen MR) is 72.0 cm³/mol. The first-order chi connectivity index (χ1) is 9.16. The minimum absolute atomic E-state index is 0.130. The molecule has 1 aromatic rings. The van der Waals surface area contributed by atoms with Gasteiger partial charge in [-0.3, -0.25) is 4.79 Å². The third-order valence-corrected chi connectivity index (χ3v) is 3.89. The zero-order chi connectivity index (χ0) is 13.7. The predicted octanol–water partition coefficient (Wildman–Crippen LogP) is 2.46. The topological polar surface area (TPSA) is 68.0 Å². The number of anilines is 1. The lowest BCUT2D eigenvalue weighted by atomic mass is 9.79. The maximum absolute atomic E-state index is 13.0. The number of carbonyl (C=O) groups excluding carboxylic acids is 1. The van der Waals surface area contributed by atoms with Crippen LogP contribution in [0.25, 0.3) is 0 Å². The van der Waals surface area contributed by atoms with Gasteiger partial charge in [0.1, 0.15) is 5.82 Å². The fraction of sp³-hybridized carbons (Fsp3) is 0.571. The second kappa shape index (κ2) is 6.10. The molecular formula is C14H20FN3O. The van der Waals surface area contributed by atoms with Crippen molar-refractivity contribution in [3.63, 3.8) is 0 Å². The molecule has 1 fully saturated rings. The summed E-state index contributed by atoms with van der Waals surface area (Å²) in [5, 5.41) is 2.70. The molecule has 1 aliphatic rings. The second-order valence-corrected chi connectivity index (χ2v) is 5.20. The van der Waals surface area contributed by atoms with Crippen molar-refractivity contribution in [2.45, 2.75) is 38.5 Å². The van der Waals surface area contributed by atoms with Gasteiger partial charge in [0.2, 0.25) is 11.9 Å². The van der Waals surface area contributed by atoms with Gasteiger partial charge in [0.25, 0.3) is 0 Å². The zero-order valence-corrected chi connectivity index (χ0v) is 11.0. The minimum atomic E-state index is -0.597. The van der Waals surface area contributed by atoms with E-state index in [1.165, 1.54) is 12.1 Å². The normalized spacial score (nSPS) is 18.6. The maximum atomic E-state index is 13.0. The number of amides is 1. The first-order valence-electron chi connectivity index (χ1n) is 6.80. The van der Waals surface area contributed by atoms with Crippen LogP contribution in [0.1, 0.15) is 38.5 Å². The minimum Gasteiger partial charge on any atom is -0.329 e. The molecule has 0 aliphatic heterocycles. The molecule has 0 bridgehead atoms. The van der Waals surface area contributed by atoms with E-state index in [0.717, 1.165) is 38.5 Å². The number of nitrogens with zero attached hydrogens (tertiary/aromatic N) is 1. The third kappa shape index (κ3) is 3.29. The van der Waals surface area contributed by atoms with Crippen molar-refractivity contribution >= 4 is 11.7 Å². The summed E-state index contributed by atoms with van der Waals surface area (Å²) in [5.41, 5.74) is 5.31. The van der Waals surface area contributed by atoms with Gasteiger partial charge in [-0.15, -0.1) is 0 Å². The molecule has 0 unspecified atom stereocenters. The van der Waals surface area contributed by atoms with E-state index in [0.29, 0.717) is 6.54 Å². The Hall–Kier alpha value is -1.49. The van der Waals surface area contributed by atoms with Crippen LogP contribution in [0.4, 0.5) is 10.2 Å². The number of halogens is 1. The monoisotopic (exact) mass is 265 g/mol. The van der Waals surface area contributed by atoms with Crippen LogP contribution >= 0.6 is 0 Å². The summed E-state index contributed by atoms with van der Waals surface area (Å²) >= 11 is 0. The summed E-state index contributed by atoms with van der Waals surface area (Å²) in [7, 11) is 0.